The molecule has 0 saturated carbocycles. The zero-order chi connectivity index (χ0) is 28.0. The molecule has 0 unspecified atom stereocenters. The number of rotatable bonds is 15. The molecule has 0 aromatic carbocycles. The number of hydrogen-bond donors (Lipinski definition) is 1. The zero-order valence-electron chi connectivity index (χ0n) is 24.4. The van der Waals surface area contributed by atoms with Crippen molar-refractivity contribution in [3.8, 4) is 0 Å². The number of esters is 1. The fourth-order valence-corrected chi connectivity index (χ4v) is 3.80. The Bertz CT molecular complexity index is 668. The number of carbonyl (C=O) groups is 3. The number of nitrogens with two attached hydrogens (primary N) is 1. The lowest BCUT2D eigenvalue weighted by atomic mass is 10.2. The third-order valence-electron chi connectivity index (χ3n) is 4.97. The first kappa shape index (κ1) is 34.2. The van der Waals surface area contributed by atoms with Crippen LogP contribution in [0.3, 0.4) is 0 Å². The standard InChI is InChI=1S/C26H53N3O6Si/c1-25(2,3)34-23(31)28(18-12-14-22(30)33-20-21-36(7,8)9)16-10-11-17-29(19-13-15-27)24(32)35-26(4,5)6/h10-21,27H2,1-9H3. The molecule has 0 aliphatic heterocycles. The van der Waals surface area contributed by atoms with E-state index in [2.05, 4.69) is 19.6 Å². The highest BCUT2D eigenvalue weighted by molar-refractivity contribution is 6.76. The Labute approximate surface area is 220 Å². The van der Waals surface area contributed by atoms with Crippen LogP contribution in [-0.2, 0) is 19.0 Å². The first-order valence-corrected chi connectivity index (χ1v) is 17.0. The normalized spacial score (nSPS) is 12.2. The molecule has 0 bridgehead atoms. The molecule has 2 amide bonds. The van der Waals surface area contributed by atoms with Gasteiger partial charge in [-0.2, -0.15) is 0 Å². The van der Waals surface area contributed by atoms with E-state index in [4.69, 9.17) is 19.9 Å². The Kier molecular flexibility index (Phi) is 15.3. The van der Waals surface area contributed by atoms with E-state index in [9.17, 15) is 14.4 Å². The van der Waals surface area contributed by atoms with Crippen LogP contribution in [0.15, 0.2) is 0 Å². The summed E-state index contributed by atoms with van der Waals surface area (Å²) in [6.45, 7) is 20.6. The molecule has 2 N–H and O–H groups in total. The Balaban J connectivity index is 4.81. The molecule has 0 aliphatic rings. The quantitative estimate of drug-likeness (QED) is 0.133. The predicted octanol–water partition coefficient (Wildman–Crippen LogP) is 5.25. The monoisotopic (exact) mass is 531 g/mol. The van der Waals surface area contributed by atoms with Crippen LogP contribution in [0.1, 0.15) is 73.6 Å². The Morgan fingerprint density at radius 3 is 1.53 bits per heavy atom. The van der Waals surface area contributed by atoms with Crippen molar-refractivity contribution in [1.82, 2.24) is 9.80 Å². The molecule has 0 aromatic rings. The van der Waals surface area contributed by atoms with Gasteiger partial charge in [-0.15, -0.1) is 0 Å². The van der Waals surface area contributed by atoms with E-state index in [0.717, 1.165) is 6.04 Å². The van der Waals surface area contributed by atoms with Crippen molar-refractivity contribution < 1.29 is 28.6 Å². The molecular weight excluding hydrogens is 478 g/mol. The summed E-state index contributed by atoms with van der Waals surface area (Å²) in [6.07, 6.45) is 2.08. The Morgan fingerprint density at radius 2 is 1.14 bits per heavy atom. The summed E-state index contributed by atoms with van der Waals surface area (Å²) in [7, 11) is -1.25. The van der Waals surface area contributed by atoms with E-state index in [1.54, 1.807) is 9.80 Å². The van der Waals surface area contributed by atoms with Crippen LogP contribution in [0.5, 0.6) is 0 Å². The maximum absolute atomic E-state index is 12.7. The van der Waals surface area contributed by atoms with Crippen molar-refractivity contribution in [2.45, 2.75) is 111 Å². The molecule has 0 fully saturated rings. The minimum absolute atomic E-state index is 0.231. The molecule has 9 nitrogen and oxygen atoms in total. The zero-order valence-corrected chi connectivity index (χ0v) is 25.4. The van der Waals surface area contributed by atoms with E-state index in [-0.39, 0.29) is 18.5 Å². The van der Waals surface area contributed by atoms with Crippen molar-refractivity contribution in [3.05, 3.63) is 0 Å². The minimum Gasteiger partial charge on any atom is -0.466 e. The third-order valence-corrected chi connectivity index (χ3v) is 6.67. The van der Waals surface area contributed by atoms with Crippen molar-refractivity contribution >= 4 is 26.2 Å². The van der Waals surface area contributed by atoms with Gasteiger partial charge >= 0.3 is 18.2 Å². The molecule has 36 heavy (non-hydrogen) atoms. The first-order valence-electron chi connectivity index (χ1n) is 13.2. The van der Waals surface area contributed by atoms with Crippen LogP contribution >= 0.6 is 0 Å². The molecule has 212 valence electrons. The smallest absolute Gasteiger partial charge is 0.410 e. The first-order chi connectivity index (χ1) is 16.4. The van der Waals surface area contributed by atoms with Gasteiger partial charge in [-0.3, -0.25) is 4.79 Å². The van der Waals surface area contributed by atoms with Crippen molar-refractivity contribution in [2.75, 3.05) is 39.3 Å². The topological polar surface area (TPSA) is 111 Å². The van der Waals surface area contributed by atoms with E-state index >= 15 is 0 Å². The fourth-order valence-electron chi connectivity index (χ4n) is 3.09. The maximum atomic E-state index is 12.7. The largest absolute Gasteiger partial charge is 0.466 e. The lowest BCUT2D eigenvalue weighted by molar-refractivity contribution is -0.143. The molecule has 0 radical (unpaired) electrons. The van der Waals surface area contributed by atoms with Crippen LogP contribution < -0.4 is 5.73 Å². The fraction of sp³-hybridized carbons (Fsp3) is 0.885. The predicted molar refractivity (Wildman–Crippen MR) is 147 cm³/mol. The van der Waals surface area contributed by atoms with Crippen LogP contribution in [-0.4, -0.2) is 86.6 Å². The summed E-state index contributed by atoms with van der Waals surface area (Å²) in [5.74, 6) is -0.231. The summed E-state index contributed by atoms with van der Waals surface area (Å²) >= 11 is 0. The number of ether oxygens (including phenoxy) is 3. The summed E-state index contributed by atoms with van der Waals surface area (Å²) in [5.41, 5.74) is 4.45. The van der Waals surface area contributed by atoms with Gasteiger partial charge in [-0.1, -0.05) is 19.6 Å². The van der Waals surface area contributed by atoms with Crippen molar-refractivity contribution in [2.24, 2.45) is 5.73 Å². The highest BCUT2D eigenvalue weighted by Gasteiger charge is 2.24. The average molecular weight is 532 g/mol. The molecule has 0 aliphatic carbocycles. The number of nitrogens with zero attached hydrogens (tertiary/aromatic N) is 2. The highest BCUT2D eigenvalue weighted by atomic mass is 28.3. The maximum Gasteiger partial charge on any atom is 0.410 e. The van der Waals surface area contributed by atoms with Crippen LogP contribution in [0.2, 0.25) is 25.7 Å². The van der Waals surface area contributed by atoms with Gasteiger partial charge in [-0.25, -0.2) is 9.59 Å². The van der Waals surface area contributed by atoms with Crippen molar-refractivity contribution in [1.29, 1.82) is 0 Å². The Hall–Kier alpha value is -1.81. The molecule has 0 atom stereocenters. The van der Waals surface area contributed by atoms with Gasteiger partial charge in [0.05, 0.1) is 6.61 Å². The van der Waals surface area contributed by atoms with Crippen LogP contribution in [0, 0.1) is 0 Å². The molecular formula is C26H53N3O6Si. The second kappa shape index (κ2) is 16.1. The summed E-state index contributed by atoms with van der Waals surface area (Å²) < 4.78 is 16.4. The molecule has 0 saturated heterocycles. The van der Waals surface area contributed by atoms with E-state index in [0.29, 0.717) is 65.0 Å². The van der Waals surface area contributed by atoms with E-state index in [1.807, 2.05) is 41.5 Å². The Morgan fingerprint density at radius 1 is 0.722 bits per heavy atom. The van der Waals surface area contributed by atoms with Crippen molar-refractivity contribution in [3.63, 3.8) is 0 Å². The molecule has 10 heteroatoms. The lowest BCUT2D eigenvalue weighted by Gasteiger charge is -2.29. The van der Waals surface area contributed by atoms with Crippen LogP contribution in [0.25, 0.3) is 0 Å². The van der Waals surface area contributed by atoms with Gasteiger partial charge in [-0.05, 0) is 79.8 Å². The van der Waals surface area contributed by atoms with Gasteiger partial charge in [0, 0.05) is 40.7 Å². The minimum atomic E-state index is -1.25. The highest BCUT2D eigenvalue weighted by Crippen LogP contribution is 2.14. The number of hydrogen-bond acceptors (Lipinski definition) is 7. The second-order valence-electron chi connectivity index (χ2n) is 12.4. The summed E-state index contributed by atoms with van der Waals surface area (Å²) in [5, 5.41) is 0. The lowest BCUT2D eigenvalue weighted by Crippen LogP contribution is -2.40. The average Bonchev–Trinajstić information content (AvgIpc) is 2.68. The molecule has 0 rings (SSSR count). The van der Waals surface area contributed by atoms with E-state index in [1.165, 1.54) is 0 Å². The van der Waals surface area contributed by atoms with Gasteiger partial charge in [0.25, 0.3) is 0 Å². The van der Waals surface area contributed by atoms with Gasteiger partial charge in [0.1, 0.15) is 11.2 Å². The van der Waals surface area contributed by atoms with Gasteiger partial charge in [0.2, 0.25) is 0 Å². The van der Waals surface area contributed by atoms with Gasteiger partial charge < -0.3 is 29.7 Å². The SMILES string of the molecule is CC(C)(C)OC(=O)N(CCCN)CCCCN(CCCC(=O)OCC[Si](C)(C)C)C(=O)OC(C)(C)C. The molecule has 0 spiro atoms. The van der Waals surface area contributed by atoms with Gasteiger partial charge in [0.15, 0.2) is 0 Å². The number of unbranched alkanes of at least 4 members (excludes halogenated alkanes) is 1. The number of carbonyl (C=O) groups excluding carboxylic acids is 3. The van der Waals surface area contributed by atoms with Crippen LogP contribution in [0.4, 0.5) is 9.59 Å². The second-order valence-corrected chi connectivity index (χ2v) is 18.0. The van der Waals surface area contributed by atoms with E-state index < -0.39 is 25.4 Å². The third kappa shape index (κ3) is 19.4. The summed E-state index contributed by atoms with van der Waals surface area (Å²) in [6, 6.07) is 0.939. The summed E-state index contributed by atoms with van der Waals surface area (Å²) in [4.78, 5) is 40.7. The number of amides is 2. The molecule has 0 aromatic heterocycles. The molecule has 0 heterocycles.